The van der Waals surface area contributed by atoms with Crippen molar-refractivity contribution in [3.8, 4) is 0 Å². The second kappa shape index (κ2) is 4.67. The first-order valence-corrected chi connectivity index (χ1v) is 8.28. The topological polar surface area (TPSA) is 37.4 Å². The van der Waals surface area contributed by atoms with Crippen molar-refractivity contribution < 1.29 is 8.42 Å². The van der Waals surface area contributed by atoms with Gasteiger partial charge in [0.2, 0.25) is 10.0 Å². The summed E-state index contributed by atoms with van der Waals surface area (Å²) in [5.41, 5.74) is 0.884. The fraction of sp³-hybridized carbons (Fsp3) is 0.571. The first-order chi connectivity index (χ1) is 8.65. The average molecular weight is 265 g/mol. The normalized spacial score (nSPS) is 28.4. The molecular weight excluding hydrogens is 246 g/mol. The molecule has 0 spiro atoms. The lowest BCUT2D eigenvalue weighted by atomic mass is 10.0. The standard InChI is InChI=1S/C14H19NO2S/c16-18(17,11-12-5-2-1-3-6-12)15-9-13-7-4-8-14(13)10-15/h1-3,5-6,13-14H,4,7-11H2. The van der Waals surface area contributed by atoms with Crippen LogP contribution in [0.15, 0.2) is 30.3 Å². The molecule has 1 saturated heterocycles. The largest absolute Gasteiger partial charge is 0.218 e. The zero-order valence-electron chi connectivity index (χ0n) is 10.5. The van der Waals surface area contributed by atoms with Gasteiger partial charge < -0.3 is 0 Å². The Bertz CT molecular complexity index is 500. The number of fused-ring (bicyclic) bond motifs is 1. The number of sulfonamides is 1. The maximum atomic E-state index is 12.4. The third-order valence-corrected chi connectivity index (χ3v) is 6.06. The van der Waals surface area contributed by atoms with Gasteiger partial charge in [-0.15, -0.1) is 0 Å². The Morgan fingerprint density at radius 1 is 1.06 bits per heavy atom. The Morgan fingerprint density at radius 2 is 1.67 bits per heavy atom. The molecule has 3 nitrogen and oxygen atoms in total. The van der Waals surface area contributed by atoms with E-state index in [4.69, 9.17) is 0 Å². The highest BCUT2D eigenvalue weighted by Gasteiger charge is 2.40. The van der Waals surface area contributed by atoms with Gasteiger partial charge in [-0.3, -0.25) is 0 Å². The fourth-order valence-corrected chi connectivity index (χ4v) is 4.93. The SMILES string of the molecule is O=S(=O)(Cc1ccccc1)N1CC2CCCC2C1. The van der Waals surface area contributed by atoms with E-state index in [0.29, 0.717) is 11.8 Å². The highest BCUT2D eigenvalue weighted by molar-refractivity contribution is 7.88. The summed E-state index contributed by atoms with van der Waals surface area (Å²) in [6, 6.07) is 9.46. The summed E-state index contributed by atoms with van der Waals surface area (Å²) in [6.07, 6.45) is 3.70. The van der Waals surface area contributed by atoms with E-state index < -0.39 is 10.0 Å². The molecule has 2 aliphatic rings. The lowest BCUT2D eigenvalue weighted by Gasteiger charge is -2.17. The lowest BCUT2D eigenvalue weighted by Crippen LogP contribution is -2.30. The van der Waals surface area contributed by atoms with Crippen LogP contribution >= 0.6 is 0 Å². The molecule has 1 aliphatic heterocycles. The van der Waals surface area contributed by atoms with Crippen LogP contribution in [0, 0.1) is 11.8 Å². The molecule has 2 unspecified atom stereocenters. The van der Waals surface area contributed by atoms with Gasteiger partial charge in [-0.25, -0.2) is 12.7 Å². The van der Waals surface area contributed by atoms with Crippen molar-refractivity contribution >= 4 is 10.0 Å². The van der Waals surface area contributed by atoms with Gasteiger partial charge in [-0.1, -0.05) is 36.8 Å². The van der Waals surface area contributed by atoms with E-state index >= 15 is 0 Å². The van der Waals surface area contributed by atoms with Crippen LogP contribution in [0.4, 0.5) is 0 Å². The molecule has 1 saturated carbocycles. The molecule has 18 heavy (non-hydrogen) atoms. The number of hydrogen-bond donors (Lipinski definition) is 0. The Kier molecular flexibility index (Phi) is 3.16. The second-order valence-electron chi connectivity index (χ2n) is 5.51. The molecule has 98 valence electrons. The van der Waals surface area contributed by atoms with Crippen LogP contribution in [0.25, 0.3) is 0 Å². The number of nitrogens with zero attached hydrogens (tertiary/aromatic N) is 1. The quantitative estimate of drug-likeness (QED) is 0.840. The molecule has 0 aromatic heterocycles. The van der Waals surface area contributed by atoms with E-state index in [-0.39, 0.29) is 5.75 Å². The highest BCUT2D eigenvalue weighted by Crippen LogP contribution is 2.39. The van der Waals surface area contributed by atoms with Gasteiger partial charge in [0.05, 0.1) is 5.75 Å². The van der Waals surface area contributed by atoms with Crippen molar-refractivity contribution in [1.29, 1.82) is 0 Å². The monoisotopic (exact) mass is 265 g/mol. The van der Waals surface area contributed by atoms with Gasteiger partial charge >= 0.3 is 0 Å². The Labute approximate surface area is 109 Å². The van der Waals surface area contributed by atoms with Gasteiger partial charge in [-0.2, -0.15) is 0 Å². The summed E-state index contributed by atoms with van der Waals surface area (Å²) in [7, 11) is -3.12. The lowest BCUT2D eigenvalue weighted by molar-refractivity contribution is 0.445. The van der Waals surface area contributed by atoms with Gasteiger partial charge in [0.25, 0.3) is 0 Å². The zero-order valence-corrected chi connectivity index (χ0v) is 11.3. The molecule has 2 atom stereocenters. The number of benzene rings is 1. The average Bonchev–Trinajstić information content (AvgIpc) is 2.89. The van der Waals surface area contributed by atoms with E-state index in [1.54, 1.807) is 4.31 Å². The highest BCUT2D eigenvalue weighted by atomic mass is 32.2. The molecular formula is C14H19NO2S. The van der Waals surface area contributed by atoms with Crippen LogP contribution in [0.2, 0.25) is 0 Å². The zero-order chi connectivity index (χ0) is 12.6. The Morgan fingerprint density at radius 3 is 2.28 bits per heavy atom. The van der Waals surface area contributed by atoms with Crippen molar-refractivity contribution in [1.82, 2.24) is 4.31 Å². The van der Waals surface area contributed by atoms with Crippen molar-refractivity contribution in [2.75, 3.05) is 13.1 Å². The van der Waals surface area contributed by atoms with E-state index in [1.165, 1.54) is 19.3 Å². The van der Waals surface area contributed by atoms with Crippen LogP contribution in [-0.4, -0.2) is 25.8 Å². The van der Waals surface area contributed by atoms with Crippen molar-refractivity contribution in [3.05, 3.63) is 35.9 Å². The van der Waals surface area contributed by atoms with E-state index in [9.17, 15) is 8.42 Å². The smallest absolute Gasteiger partial charge is 0.212 e. The van der Waals surface area contributed by atoms with Gasteiger partial charge in [-0.05, 0) is 30.2 Å². The van der Waals surface area contributed by atoms with Crippen LogP contribution in [0.5, 0.6) is 0 Å². The summed E-state index contributed by atoms with van der Waals surface area (Å²) in [5, 5.41) is 0. The molecule has 0 bridgehead atoms. The third-order valence-electron chi connectivity index (χ3n) is 4.28. The Balaban J connectivity index is 1.72. The molecule has 1 aliphatic carbocycles. The third kappa shape index (κ3) is 2.31. The van der Waals surface area contributed by atoms with E-state index in [1.807, 2.05) is 30.3 Å². The van der Waals surface area contributed by atoms with Crippen molar-refractivity contribution in [2.45, 2.75) is 25.0 Å². The maximum Gasteiger partial charge on any atom is 0.218 e. The molecule has 0 radical (unpaired) electrons. The van der Waals surface area contributed by atoms with Gasteiger partial charge in [0.1, 0.15) is 0 Å². The van der Waals surface area contributed by atoms with E-state index in [2.05, 4.69) is 0 Å². The van der Waals surface area contributed by atoms with Gasteiger partial charge in [0, 0.05) is 13.1 Å². The molecule has 0 N–H and O–H groups in total. The van der Waals surface area contributed by atoms with Crippen LogP contribution in [0.3, 0.4) is 0 Å². The molecule has 1 aromatic rings. The number of rotatable bonds is 3. The molecule has 1 aromatic carbocycles. The maximum absolute atomic E-state index is 12.4. The number of hydrogen-bond acceptors (Lipinski definition) is 2. The van der Waals surface area contributed by atoms with Crippen molar-refractivity contribution in [3.63, 3.8) is 0 Å². The molecule has 1 heterocycles. The summed E-state index contributed by atoms with van der Waals surface area (Å²) in [6.45, 7) is 1.50. The summed E-state index contributed by atoms with van der Waals surface area (Å²) >= 11 is 0. The van der Waals surface area contributed by atoms with Crippen LogP contribution in [-0.2, 0) is 15.8 Å². The van der Waals surface area contributed by atoms with Crippen LogP contribution < -0.4 is 0 Å². The first kappa shape index (κ1) is 12.2. The summed E-state index contributed by atoms with van der Waals surface area (Å²) in [4.78, 5) is 0. The molecule has 3 rings (SSSR count). The minimum Gasteiger partial charge on any atom is -0.212 e. The van der Waals surface area contributed by atoms with Crippen molar-refractivity contribution in [2.24, 2.45) is 11.8 Å². The molecule has 0 amide bonds. The first-order valence-electron chi connectivity index (χ1n) is 6.67. The summed E-state index contributed by atoms with van der Waals surface area (Å²) in [5.74, 6) is 1.39. The molecule has 2 fully saturated rings. The van der Waals surface area contributed by atoms with Crippen LogP contribution in [0.1, 0.15) is 24.8 Å². The van der Waals surface area contributed by atoms with E-state index in [0.717, 1.165) is 18.7 Å². The predicted octanol–water partition coefficient (Wildman–Crippen LogP) is 2.25. The predicted molar refractivity (Wildman–Crippen MR) is 71.5 cm³/mol. The minimum atomic E-state index is -3.12. The van der Waals surface area contributed by atoms with Gasteiger partial charge in [0.15, 0.2) is 0 Å². The Hall–Kier alpha value is -0.870. The second-order valence-corrected chi connectivity index (χ2v) is 7.48. The molecule has 4 heteroatoms. The minimum absolute atomic E-state index is 0.146. The fourth-order valence-electron chi connectivity index (χ4n) is 3.30. The summed E-state index contributed by atoms with van der Waals surface area (Å²) < 4.78 is 26.4.